The molecule has 0 aliphatic heterocycles. The van der Waals surface area contributed by atoms with Gasteiger partial charge in [-0.1, -0.05) is 0 Å². The van der Waals surface area contributed by atoms with Gasteiger partial charge in [0.25, 0.3) is 0 Å². The summed E-state index contributed by atoms with van der Waals surface area (Å²) in [5, 5.41) is 12.6. The van der Waals surface area contributed by atoms with E-state index in [2.05, 4.69) is 5.32 Å². The van der Waals surface area contributed by atoms with Crippen LogP contribution < -0.4 is 5.32 Å². The molecule has 0 saturated heterocycles. The Hall–Kier alpha value is -0.650. The highest BCUT2D eigenvalue weighted by atomic mass is 16.5. The number of ether oxygens (including phenoxy) is 1. The van der Waals surface area contributed by atoms with Crippen molar-refractivity contribution in [2.24, 2.45) is 0 Å². The molecule has 0 radical (unpaired) electrons. The number of likely N-dealkylation sites (N-methyl/N-ethyl adjacent to an activating group) is 1. The van der Waals surface area contributed by atoms with Crippen LogP contribution in [0.15, 0.2) is 0 Å². The first kappa shape index (κ1) is 14.4. The molecule has 0 aromatic heterocycles. The van der Waals surface area contributed by atoms with Crippen LogP contribution in [0.2, 0.25) is 0 Å². The van der Waals surface area contributed by atoms with E-state index in [1.807, 2.05) is 19.0 Å². The summed E-state index contributed by atoms with van der Waals surface area (Å²) in [6.07, 6.45) is 3.15. The number of carboxylic acid groups (broad SMARTS) is 1. The van der Waals surface area contributed by atoms with Gasteiger partial charge in [0, 0.05) is 20.2 Å². The second kappa shape index (κ2) is 6.33. The Morgan fingerprint density at radius 2 is 2.06 bits per heavy atom. The zero-order valence-electron chi connectivity index (χ0n) is 11.0. The maximum absolute atomic E-state index is 11.4. The van der Waals surface area contributed by atoms with Gasteiger partial charge in [0.2, 0.25) is 0 Å². The lowest BCUT2D eigenvalue weighted by Gasteiger charge is -2.37. The van der Waals surface area contributed by atoms with Crippen LogP contribution >= 0.6 is 0 Å². The highest BCUT2D eigenvalue weighted by Gasteiger charge is 2.41. The van der Waals surface area contributed by atoms with Gasteiger partial charge in [-0.15, -0.1) is 0 Å². The Balaban J connectivity index is 2.50. The van der Waals surface area contributed by atoms with Crippen LogP contribution in [0.3, 0.4) is 0 Å². The lowest BCUT2D eigenvalue weighted by Crippen LogP contribution is -2.56. The van der Waals surface area contributed by atoms with E-state index >= 15 is 0 Å². The maximum Gasteiger partial charge on any atom is 0.323 e. The second-order valence-electron chi connectivity index (χ2n) is 5.05. The Kier molecular flexibility index (Phi) is 5.36. The van der Waals surface area contributed by atoms with Crippen LogP contribution in [0.5, 0.6) is 0 Å². The first-order valence-corrected chi connectivity index (χ1v) is 6.16. The SMILES string of the molecule is COC1CCC(NCCN(C)C)(C(=O)O)CC1. The molecular weight excluding hydrogens is 220 g/mol. The molecular formula is C12H24N2O3. The first-order valence-electron chi connectivity index (χ1n) is 6.16. The summed E-state index contributed by atoms with van der Waals surface area (Å²) in [5.74, 6) is -0.731. The zero-order valence-corrected chi connectivity index (χ0v) is 11.0. The summed E-state index contributed by atoms with van der Waals surface area (Å²) >= 11 is 0. The fraction of sp³-hybridized carbons (Fsp3) is 0.917. The van der Waals surface area contributed by atoms with Gasteiger partial charge in [0.1, 0.15) is 5.54 Å². The lowest BCUT2D eigenvalue weighted by atomic mass is 9.80. The Bertz CT molecular complexity index is 248. The van der Waals surface area contributed by atoms with Crippen molar-refractivity contribution >= 4 is 5.97 Å². The minimum Gasteiger partial charge on any atom is -0.480 e. The molecule has 1 rings (SSSR count). The predicted octanol–water partition coefficient (Wildman–Crippen LogP) is 0.550. The number of hydrogen-bond acceptors (Lipinski definition) is 4. The maximum atomic E-state index is 11.4. The third-order valence-corrected chi connectivity index (χ3v) is 3.55. The molecule has 5 nitrogen and oxygen atoms in total. The molecule has 0 spiro atoms. The largest absolute Gasteiger partial charge is 0.480 e. The number of methoxy groups -OCH3 is 1. The van der Waals surface area contributed by atoms with Gasteiger partial charge >= 0.3 is 5.97 Å². The average molecular weight is 244 g/mol. The van der Waals surface area contributed by atoms with Crippen molar-refractivity contribution in [3.8, 4) is 0 Å². The highest BCUT2D eigenvalue weighted by Crippen LogP contribution is 2.30. The van der Waals surface area contributed by atoms with Gasteiger partial charge in [0.05, 0.1) is 6.10 Å². The quantitative estimate of drug-likeness (QED) is 0.714. The third kappa shape index (κ3) is 3.94. The van der Waals surface area contributed by atoms with Crippen molar-refractivity contribution in [2.75, 3.05) is 34.3 Å². The zero-order chi connectivity index (χ0) is 12.9. The molecule has 1 saturated carbocycles. The Labute approximate surface area is 103 Å². The topological polar surface area (TPSA) is 61.8 Å². The van der Waals surface area contributed by atoms with Crippen molar-refractivity contribution in [2.45, 2.75) is 37.3 Å². The Morgan fingerprint density at radius 1 is 1.47 bits per heavy atom. The highest BCUT2D eigenvalue weighted by molar-refractivity contribution is 5.79. The molecule has 0 amide bonds. The molecule has 2 N–H and O–H groups in total. The van der Waals surface area contributed by atoms with Crippen molar-refractivity contribution in [3.63, 3.8) is 0 Å². The normalized spacial score (nSPS) is 29.5. The number of hydrogen-bond donors (Lipinski definition) is 2. The average Bonchev–Trinajstić information content (AvgIpc) is 2.29. The van der Waals surface area contributed by atoms with Crippen LogP contribution in [-0.2, 0) is 9.53 Å². The van der Waals surface area contributed by atoms with Crippen LogP contribution in [-0.4, -0.2) is 61.9 Å². The van der Waals surface area contributed by atoms with E-state index in [1.165, 1.54) is 0 Å². The summed E-state index contributed by atoms with van der Waals surface area (Å²) in [5.41, 5.74) is -0.745. The molecule has 17 heavy (non-hydrogen) atoms. The Morgan fingerprint density at radius 3 is 2.47 bits per heavy atom. The first-order chi connectivity index (χ1) is 8.00. The minimum absolute atomic E-state index is 0.220. The molecule has 0 unspecified atom stereocenters. The second-order valence-corrected chi connectivity index (χ2v) is 5.05. The van der Waals surface area contributed by atoms with E-state index in [1.54, 1.807) is 7.11 Å². The number of nitrogens with zero attached hydrogens (tertiary/aromatic N) is 1. The fourth-order valence-electron chi connectivity index (χ4n) is 2.30. The minimum atomic E-state index is -0.745. The standard InChI is InChI=1S/C12H24N2O3/c1-14(2)9-8-13-12(11(15)16)6-4-10(17-3)5-7-12/h10,13H,4-9H2,1-3H3,(H,15,16). The smallest absolute Gasteiger partial charge is 0.323 e. The number of carboxylic acids is 1. The monoisotopic (exact) mass is 244 g/mol. The van der Waals surface area contributed by atoms with E-state index in [9.17, 15) is 9.90 Å². The van der Waals surface area contributed by atoms with Crippen molar-refractivity contribution in [3.05, 3.63) is 0 Å². The van der Waals surface area contributed by atoms with Crippen LogP contribution in [0.25, 0.3) is 0 Å². The summed E-state index contributed by atoms with van der Waals surface area (Å²) < 4.78 is 5.28. The predicted molar refractivity (Wildman–Crippen MR) is 66.2 cm³/mol. The number of aliphatic carboxylic acids is 1. The van der Waals surface area contributed by atoms with Crippen molar-refractivity contribution in [1.29, 1.82) is 0 Å². The third-order valence-electron chi connectivity index (χ3n) is 3.55. The van der Waals surface area contributed by atoms with Crippen molar-refractivity contribution in [1.82, 2.24) is 10.2 Å². The van der Waals surface area contributed by atoms with E-state index in [0.717, 1.165) is 19.4 Å². The van der Waals surface area contributed by atoms with E-state index < -0.39 is 11.5 Å². The molecule has 1 aliphatic carbocycles. The number of carbonyl (C=O) groups is 1. The van der Waals surface area contributed by atoms with Gasteiger partial charge in [-0.25, -0.2) is 0 Å². The lowest BCUT2D eigenvalue weighted by molar-refractivity contribution is -0.147. The molecule has 0 heterocycles. The van der Waals surface area contributed by atoms with Gasteiger partial charge in [-0.3, -0.25) is 4.79 Å². The summed E-state index contributed by atoms with van der Waals surface area (Å²) in [4.78, 5) is 13.5. The summed E-state index contributed by atoms with van der Waals surface area (Å²) in [6, 6.07) is 0. The number of rotatable bonds is 6. The van der Waals surface area contributed by atoms with E-state index in [-0.39, 0.29) is 6.10 Å². The van der Waals surface area contributed by atoms with E-state index in [0.29, 0.717) is 19.4 Å². The van der Waals surface area contributed by atoms with E-state index in [4.69, 9.17) is 4.74 Å². The summed E-state index contributed by atoms with van der Waals surface area (Å²) in [7, 11) is 5.66. The molecule has 100 valence electrons. The van der Waals surface area contributed by atoms with Gasteiger partial charge in [0.15, 0.2) is 0 Å². The fourth-order valence-corrected chi connectivity index (χ4v) is 2.30. The van der Waals surface area contributed by atoms with Gasteiger partial charge < -0.3 is 20.1 Å². The van der Waals surface area contributed by atoms with Gasteiger partial charge in [-0.2, -0.15) is 0 Å². The van der Waals surface area contributed by atoms with Crippen LogP contribution in [0, 0.1) is 0 Å². The van der Waals surface area contributed by atoms with Crippen LogP contribution in [0.4, 0.5) is 0 Å². The molecule has 5 heteroatoms. The molecule has 0 aromatic rings. The summed E-state index contributed by atoms with van der Waals surface area (Å²) in [6.45, 7) is 1.56. The van der Waals surface area contributed by atoms with Crippen molar-refractivity contribution < 1.29 is 14.6 Å². The van der Waals surface area contributed by atoms with Gasteiger partial charge in [-0.05, 0) is 39.8 Å². The molecule has 1 aliphatic rings. The number of nitrogens with one attached hydrogen (secondary N) is 1. The molecule has 1 fully saturated rings. The molecule has 0 atom stereocenters. The molecule has 0 bridgehead atoms. The molecule has 0 aromatic carbocycles. The van der Waals surface area contributed by atoms with Crippen LogP contribution in [0.1, 0.15) is 25.7 Å².